The van der Waals surface area contributed by atoms with Crippen LogP contribution < -0.4 is 5.32 Å². The summed E-state index contributed by atoms with van der Waals surface area (Å²) in [4.78, 5) is 29.6. The van der Waals surface area contributed by atoms with Gasteiger partial charge in [-0.1, -0.05) is 30.3 Å². The molecule has 1 fully saturated rings. The third-order valence-corrected chi connectivity index (χ3v) is 5.03. The van der Waals surface area contributed by atoms with Crippen LogP contribution in [0.3, 0.4) is 0 Å². The molecule has 1 unspecified atom stereocenters. The van der Waals surface area contributed by atoms with Crippen molar-refractivity contribution in [3.05, 3.63) is 84.2 Å². The fourth-order valence-corrected chi connectivity index (χ4v) is 3.52. The quantitative estimate of drug-likeness (QED) is 0.696. The summed E-state index contributed by atoms with van der Waals surface area (Å²) in [5, 5.41) is 2.96. The maximum Gasteiger partial charge on any atom is 0.290 e. The van der Waals surface area contributed by atoms with Crippen molar-refractivity contribution >= 4 is 11.8 Å². The van der Waals surface area contributed by atoms with E-state index in [-0.39, 0.29) is 17.6 Å². The Bertz CT molecular complexity index is 922. The standard InChI is InChI=1S/C22H23N3O4/c26-21(23-14-17-6-2-1-3-7-17)19-16-24(15-18-8-4-12-28-18)10-11-25(19)22(27)20-9-5-13-29-20/h1-9,12-13,19H,10-11,14-16H2,(H,23,26). The Balaban J connectivity index is 1.48. The molecule has 7 nitrogen and oxygen atoms in total. The van der Waals surface area contributed by atoms with Gasteiger partial charge < -0.3 is 19.1 Å². The lowest BCUT2D eigenvalue weighted by Gasteiger charge is -2.39. The Morgan fingerprint density at radius 1 is 0.966 bits per heavy atom. The van der Waals surface area contributed by atoms with Gasteiger partial charge in [0.1, 0.15) is 11.8 Å². The molecule has 2 amide bonds. The first kappa shape index (κ1) is 19.0. The first-order chi connectivity index (χ1) is 14.2. The monoisotopic (exact) mass is 393 g/mol. The molecule has 2 aromatic heterocycles. The summed E-state index contributed by atoms with van der Waals surface area (Å²) in [6.07, 6.45) is 3.10. The van der Waals surface area contributed by atoms with Crippen LogP contribution in [0.5, 0.6) is 0 Å². The van der Waals surface area contributed by atoms with Crippen LogP contribution in [0, 0.1) is 0 Å². The van der Waals surface area contributed by atoms with Gasteiger partial charge in [0.05, 0.1) is 19.1 Å². The van der Waals surface area contributed by atoms with E-state index in [0.717, 1.165) is 11.3 Å². The summed E-state index contributed by atoms with van der Waals surface area (Å²) >= 11 is 0. The Morgan fingerprint density at radius 3 is 2.48 bits per heavy atom. The van der Waals surface area contributed by atoms with Gasteiger partial charge >= 0.3 is 0 Å². The summed E-state index contributed by atoms with van der Waals surface area (Å²) in [5.74, 6) is 0.620. The summed E-state index contributed by atoms with van der Waals surface area (Å²) in [7, 11) is 0. The summed E-state index contributed by atoms with van der Waals surface area (Å²) in [6.45, 7) is 2.52. The Labute approximate surface area is 168 Å². The van der Waals surface area contributed by atoms with Crippen LogP contribution >= 0.6 is 0 Å². The van der Waals surface area contributed by atoms with Crippen LogP contribution in [-0.2, 0) is 17.9 Å². The molecule has 4 rings (SSSR count). The minimum atomic E-state index is -0.611. The Morgan fingerprint density at radius 2 is 1.76 bits per heavy atom. The number of nitrogens with one attached hydrogen (secondary N) is 1. The molecule has 1 aliphatic rings. The largest absolute Gasteiger partial charge is 0.468 e. The molecule has 0 bridgehead atoms. The molecule has 3 heterocycles. The number of amides is 2. The normalized spacial score (nSPS) is 17.2. The van der Waals surface area contributed by atoms with E-state index in [1.54, 1.807) is 23.3 Å². The van der Waals surface area contributed by atoms with Crippen LogP contribution in [-0.4, -0.2) is 47.3 Å². The highest BCUT2D eigenvalue weighted by molar-refractivity contribution is 5.95. The maximum absolute atomic E-state index is 13.0. The zero-order valence-corrected chi connectivity index (χ0v) is 16.0. The highest BCUT2D eigenvalue weighted by atomic mass is 16.3. The summed E-state index contributed by atoms with van der Waals surface area (Å²) in [5.41, 5.74) is 1.01. The van der Waals surface area contributed by atoms with Crippen LogP contribution in [0.25, 0.3) is 0 Å². The summed E-state index contributed by atoms with van der Waals surface area (Å²) in [6, 6.07) is 16.1. The van der Waals surface area contributed by atoms with E-state index in [2.05, 4.69) is 10.2 Å². The lowest BCUT2D eigenvalue weighted by atomic mass is 10.1. The second-order valence-corrected chi connectivity index (χ2v) is 7.01. The van der Waals surface area contributed by atoms with Crippen molar-refractivity contribution in [3.8, 4) is 0 Å². The highest BCUT2D eigenvalue weighted by Gasteiger charge is 2.36. The van der Waals surface area contributed by atoms with Gasteiger partial charge in [0, 0.05) is 26.2 Å². The number of rotatable bonds is 6. The van der Waals surface area contributed by atoms with E-state index >= 15 is 0 Å². The number of hydrogen-bond acceptors (Lipinski definition) is 5. The fourth-order valence-electron chi connectivity index (χ4n) is 3.52. The second kappa shape index (κ2) is 8.79. The molecule has 0 spiro atoms. The van der Waals surface area contributed by atoms with Crippen molar-refractivity contribution in [2.24, 2.45) is 0 Å². The third-order valence-electron chi connectivity index (χ3n) is 5.03. The molecule has 150 valence electrons. The molecule has 1 N–H and O–H groups in total. The zero-order chi connectivity index (χ0) is 20.1. The molecule has 3 aromatic rings. The van der Waals surface area contributed by atoms with Gasteiger partial charge in [0.2, 0.25) is 5.91 Å². The molecule has 29 heavy (non-hydrogen) atoms. The van der Waals surface area contributed by atoms with E-state index in [1.165, 1.54) is 6.26 Å². The molecule has 7 heteroatoms. The average molecular weight is 393 g/mol. The molecule has 0 radical (unpaired) electrons. The zero-order valence-electron chi connectivity index (χ0n) is 16.0. The molecule has 1 aliphatic heterocycles. The molecule has 0 aliphatic carbocycles. The number of furan rings is 2. The van der Waals surface area contributed by atoms with Gasteiger partial charge in [-0.3, -0.25) is 14.5 Å². The van der Waals surface area contributed by atoms with Gasteiger partial charge in [-0.05, 0) is 29.8 Å². The molecule has 1 aromatic carbocycles. The number of carbonyl (C=O) groups excluding carboxylic acids is 2. The van der Waals surface area contributed by atoms with Crippen molar-refractivity contribution in [2.75, 3.05) is 19.6 Å². The lowest BCUT2D eigenvalue weighted by Crippen LogP contribution is -2.60. The van der Waals surface area contributed by atoms with E-state index in [1.807, 2.05) is 42.5 Å². The first-order valence-electron chi connectivity index (χ1n) is 9.61. The predicted octanol–water partition coefficient (Wildman–Crippen LogP) is 2.52. The van der Waals surface area contributed by atoms with Crippen molar-refractivity contribution in [3.63, 3.8) is 0 Å². The van der Waals surface area contributed by atoms with Crippen molar-refractivity contribution in [2.45, 2.75) is 19.1 Å². The van der Waals surface area contributed by atoms with E-state index in [0.29, 0.717) is 32.7 Å². The predicted molar refractivity (Wildman–Crippen MR) is 106 cm³/mol. The number of nitrogens with zero attached hydrogens (tertiary/aromatic N) is 2. The third kappa shape index (κ3) is 4.57. The topological polar surface area (TPSA) is 78.9 Å². The van der Waals surface area contributed by atoms with Crippen molar-refractivity contribution in [1.82, 2.24) is 15.1 Å². The van der Waals surface area contributed by atoms with Gasteiger partial charge in [-0.25, -0.2) is 0 Å². The number of carbonyl (C=O) groups is 2. The van der Waals surface area contributed by atoms with Gasteiger partial charge in [-0.15, -0.1) is 0 Å². The Kier molecular flexibility index (Phi) is 5.76. The second-order valence-electron chi connectivity index (χ2n) is 7.01. The van der Waals surface area contributed by atoms with E-state index in [4.69, 9.17) is 8.83 Å². The van der Waals surface area contributed by atoms with Crippen LogP contribution in [0.4, 0.5) is 0 Å². The lowest BCUT2D eigenvalue weighted by molar-refractivity contribution is -0.128. The van der Waals surface area contributed by atoms with Crippen LogP contribution in [0.15, 0.2) is 76.0 Å². The molecule has 1 saturated heterocycles. The van der Waals surface area contributed by atoms with Gasteiger partial charge in [0.25, 0.3) is 5.91 Å². The summed E-state index contributed by atoms with van der Waals surface area (Å²) < 4.78 is 10.7. The minimum Gasteiger partial charge on any atom is -0.468 e. The van der Waals surface area contributed by atoms with Crippen LogP contribution in [0.2, 0.25) is 0 Å². The SMILES string of the molecule is O=C(NCc1ccccc1)C1CN(Cc2ccco2)CCN1C(=O)c1ccco1. The Hall–Kier alpha value is -3.32. The molecule has 1 atom stereocenters. The van der Waals surface area contributed by atoms with Crippen molar-refractivity contribution in [1.29, 1.82) is 0 Å². The first-order valence-corrected chi connectivity index (χ1v) is 9.61. The van der Waals surface area contributed by atoms with E-state index in [9.17, 15) is 9.59 Å². The minimum absolute atomic E-state index is 0.182. The van der Waals surface area contributed by atoms with E-state index < -0.39 is 6.04 Å². The van der Waals surface area contributed by atoms with Gasteiger partial charge in [0.15, 0.2) is 5.76 Å². The highest BCUT2D eigenvalue weighted by Crippen LogP contribution is 2.17. The number of hydrogen-bond donors (Lipinski definition) is 1. The average Bonchev–Trinajstić information content (AvgIpc) is 3.46. The molecular weight excluding hydrogens is 370 g/mol. The number of piperazine rings is 1. The smallest absolute Gasteiger partial charge is 0.290 e. The van der Waals surface area contributed by atoms with Gasteiger partial charge in [-0.2, -0.15) is 0 Å². The van der Waals surface area contributed by atoms with Crippen LogP contribution in [0.1, 0.15) is 21.9 Å². The molecule has 0 saturated carbocycles. The fraction of sp³-hybridized carbons (Fsp3) is 0.273. The number of benzene rings is 1. The maximum atomic E-state index is 13.0. The molecular formula is C22H23N3O4. The van der Waals surface area contributed by atoms with Crippen molar-refractivity contribution < 1.29 is 18.4 Å².